The molecule has 2 fully saturated rings. The average Bonchev–Trinajstić information content (AvgIpc) is 3.06. The zero-order valence-corrected chi connectivity index (χ0v) is 18.2. The normalized spacial score (nSPS) is 28.9. The molecule has 172 valence electrons. The lowest BCUT2D eigenvalue weighted by atomic mass is 9.91. The van der Waals surface area contributed by atoms with Crippen LogP contribution in [0.3, 0.4) is 0 Å². The number of allylic oxidation sites excluding steroid dienone is 2. The Morgan fingerprint density at radius 3 is 2.74 bits per heavy atom. The third kappa shape index (κ3) is 8.04. The van der Waals surface area contributed by atoms with Gasteiger partial charge < -0.3 is 24.4 Å². The molecule has 3 rings (SSSR count). The predicted octanol–water partition coefficient (Wildman–Crippen LogP) is 4.31. The quantitative estimate of drug-likeness (QED) is 0.378. The van der Waals surface area contributed by atoms with Crippen molar-refractivity contribution in [2.75, 3.05) is 13.2 Å². The van der Waals surface area contributed by atoms with Crippen LogP contribution in [-0.4, -0.2) is 47.9 Å². The SMILES string of the molecule is O=C(O)CCC/C=C\C[C@H]1[C@H](COCc2ccccc2)[C@@H](OC2CCCCO2)C[C@H]1O. The lowest BCUT2D eigenvalue weighted by Crippen LogP contribution is -2.33. The number of unbranched alkanes of at least 4 members (excludes halogenated alkanes) is 1. The van der Waals surface area contributed by atoms with Gasteiger partial charge in [-0.3, -0.25) is 4.79 Å². The number of carboxylic acid groups (broad SMARTS) is 1. The van der Waals surface area contributed by atoms with E-state index < -0.39 is 12.1 Å². The molecule has 2 aliphatic rings. The van der Waals surface area contributed by atoms with Crippen LogP contribution in [0.2, 0.25) is 0 Å². The Morgan fingerprint density at radius 2 is 2.00 bits per heavy atom. The summed E-state index contributed by atoms with van der Waals surface area (Å²) in [6.07, 6.45) is 9.35. The lowest BCUT2D eigenvalue weighted by molar-refractivity contribution is -0.199. The number of hydrogen-bond acceptors (Lipinski definition) is 5. The second-order valence-electron chi connectivity index (χ2n) is 8.60. The highest BCUT2D eigenvalue weighted by Crippen LogP contribution is 2.39. The van der Waals surface area contributed by atoms with Crippen LogP contribution in [0.15, 0.2) is 42.5 Å². The molecule has 2 N–H and O–H groups in total. The highest BCUT2D eigenvalue weighted by molar-refractivity contribution is 5.66. The number of carbonyl (C=O) groups is 1. The summed E-state index contributed by atoms with van der Waals surface area (Å²) < 4.78 is 18.1. The van der Waals surface area contributed by atoms with Gasteiger partial charge in [-0.1, -0.05) is 42.5 Å². The molecule has 0 radical (unpaired) electrons. The number of ether oxygens (including phenoxy) is 3. The number of benzene rings is 1. The Morgan fingerprint density at radius 1 is 1.16 bits per heavy atom. The van der Waals surface area contributed by atoms with Gasteiger partial charge in [-0.2, -0.15) is 0 Å². The van der Waals surface area contributed by atoms with Gasteiger partial charge in [0.2, 0.25) is 0 Å². The molecule has 1 saturated heterocycles. The first-order valence-corrected chi connectivity index (χ1v) is 11.6. The molecular weight excluding hydrogens is 396 g/mol. The molecule has 1 unspecified atom stereocenters. The summed E-state index contributed by atoms with van der Waals surface area (Å²) >= 11 is 0. The van der Waals surface area contributed by atoms with Crippen molar-refractivity contribution in [3.05, 3.63) is 48.0 Å². The van der Waals surface area contributed by atoms with Crippen molar-refractivity contribution >= 4 is 5.97 Å². The second-order valence-corrected chi connectivity index (χ2v) is 8.60. The second kappa shape index (κ2) is 13.0. The number of hydrogen-bond donors (Lipinski definition) is 2. The molecule has 0 amide bonds. The standard InChI is InChI=1S/C25H36O6/c26-22-16-23(31-25-14-8-9-15-30-25)21(18-29-17-19-10-4-3-5-11-19)20(22)12-6-1-2-7-13-24(27)28/h1,3-6,10-11,20-23,25-26H,2,7-9,12-18H2,(H,27,28)/b6-1-/t20-,21-,22+,23-,25?/m0/s1. The van der Waals surface area contributed by atoms with E-state index in [9.17, 15) is 9.90 Å². The van der Waals surface area contributed by atoms with Crippen LogP contribution in [-0.2, 0) is 25.6 Å². The van der Waals surface area contributed by atoms with Gasteiger partial charge in [0, 0.05) is 25.4 Å². The van der Waals surface area contributed by atoms with E-state index in [-0.39, 0.29) is 30.7 Å². The van der Waals surface area contributed by atoms with Crippen molar-refractivity contribution in [1.29, 1.82) is 0 Å². The summed E-state index contributed by atoms with van der Waals surface area (Å²) in [7, 11) is 0. The van der Waals surface area contributed by atoms with Gasteiger partial charge in [0.1, 0.15) is 0 Å². The third-order valence-corrected chi connectivity index (χ3v) is 6.22. The first kappa shape index (κ1) is 23.9. The van der Waals surface area contributed by atoms with E-state index in [2.05, 4.69) is 6.08 Å². The first-order valence-electron chi connectivity index (χ1n) is 11.6. The Labute approximate surface area is 185 Å². The van der Waals surface area contributed by atoms with Crippen molar-refractivity contribution in [1.82, 2.24) is 0 Å². The monoisotopic (exact) mass is 432 g/mol. The van der Waals surface area contributed by atoms with Gasteiger partial charge in [0.05, 0.1) is 25.4 Å². The molecule has 1 aliphatic heterocycles. The van der Waals surface area contributed by atoms with E-state index in [0.717, 1.165) is 44.3 Å². The molecule has 0 spiro atoms. The summed E-state index contributed by atoms with van der Waals surface area (Å²) in [5.41, 5.74) is 1.13. The summed E-state index contributed by atoms with van der Waals surface area (Å²) in [4.78, 5) is 10.6. The van der Waals surface area contributed by atoms with Crippen molar-refractivity contribution in [2.24, 2.45) is 11.8 Å². The molecule has 6 heteroatoms. The van der Waals surface area contributed by atoms with Gasteiger partial charge >= 0.3 is 5.97 Å². The van der Waals surface area contributed by atoms with Crippen molar-refractivity contribution in [3.63, 3.8) is 0 Å². The largest absolute Gasteiger partial charge is 0.481 e. The van der Waals surface area contributed by atoms with Crippen LogP contribution in [0.5, 0.6) is 0 Å². The maximum absolute atomic E-state index is 10.8. The van der Waals surface area contributed by atoms with Gasteiger partial charge in [0.15, 0.2) is 6.29 Å². The van der Waals surface area contributed by atoms with Crippen LogP contribution in [0.25, 0.3) is 0 Å². The van der Waals surface area contributed by atoms with E-state index in [1.807, 2.05) is 36.4 Å². The molecule has 1 saturated carbocycles. The maximum atomic E-state index is 10.8. The molecule has 1 aromatic carbocycles. The molecule has 1 aromatic rings. The molecule has 0 aromatic heterocycles. The van der Waals surface area contributed by atoms with Crippen molar-refractivity contribution in [3.8, 4) is 0 Å². The van der Waals surface area contributed by atoms with E-state index in [1.165, 1.54) is 0 Å². The number of aliphatic hydroxyl groups is 1. The smallest absolute Gasteiger partial charge is 0.303 e. The fraction of sp³-hybridized carbons (Fsp3) is 0.640. The Kier molecular flexibility index (Phi) is 10.0. The molecule has 6 nitrogen and oxygen atoms in total. The number of carboxylic acids is 1. The van der Waals surface area contributed by atoms with E-state index in [1.54, 1.807) is 0 Å². The number of aliphatic hydroxyl groups excluding tert-OH is 1. The number of aliphatic carboxylic acids is 1. The summed E-state index contributed by atoms with van der Waals surface area (Å²) in [6.45, 7) is 1.80. The van der Waals surface area contributed by atoms with E-state index >= 15 is 0 Å². The van der Waals surface area contributed by atoms with E-state index in [0.29, 0.717) is 26.1 Å². The maximum Gasteiger partial charge on any atom is 0.303 e. The summed E-state index contributed by atoms with van der Waals surface area (Å²) in [5, 5.41) is 19.5. The van der Waals surface area contributed by atoms with Crippen LogP contribution >= 0.6 is 0 Å². The third-order valence-electron chi connectivity index (χ3n) is 6.22. The highest BCUT2D eigenvalue weighted by atomic mass is 16.7. The van der Waals surface area contributed by atoms with Gasteiger partial charge in [-0.25, -0.2) is 0 Å². The van der Waals surface area contributed by atoms with Crippen molar-refractivity contribution < 1.29 is 29.2 Å². The summed E-state index contributed by atoms with van der Waals surface area (Å²) in [5.74, 6) is -0.617. The van der Waals surface area contributed by atoms with E-state index in [4.69, 9.17) is 19.3 Å². The molecular formula is C25H36O6. The van der Waals surface area contributed by atoms with Crippen molar-refractivity contribution in [2.45, 2.75) is 76.5 Å². The van der Waals surface area contributed by atoms with Crippen LogP contribution < -0.4 is 0 Å². The van der Waals surface area contributed by atoms with Crippen LogP contribution in [0, 0.1) is 11.8 Å². The minimum Gasteiger partial charge on any atom is -0.481 e. The topological polar surface area (TPSA) is 85.2 Å². The molecule has 1 heterocycles. The molecule has 5 atom stereocenters. The Bertz CT molecular complexity index is 670. The molecule has 0 bridgehead atoms. The number of rotatable bonds is 12. The Hall–Kier alpha value is -1.73. The van der Waals surface area contributed by atoms with Crippen LogP contribution in [0.4, 0.5) is 0 Å². The minimum atomic E-state index is -0.764. The fourth-order valence-corrected chi connectivity index (χ4v) is 4.51. The fourth-order valence-electron chi connectivity index (χ4n) is 4.51. The predicted molar refractivity (Wildman–Crippen MR) is 117 cm³/mol. The zero-order valence-electron chi connectivity index (χ0n) is 18.2. The molecule has 31 heavy (non-hydrogen) atoms. The van der Waals surface area contributed by atoms with Gasteiger partial charge in [-0.15, -0.1) is 0 Å². The Balaban J connectivity index is 1.55. The first-order chi connectivity index (χ1) is 15.1. The lowest BCUT2D eigenvalue weighted by Gasteiger charge is -2.30. The molecule has 1 aliphatic carbocycles. The summed E-state index contributed by atoms with van der Waals surface area (Å²) in [6, 6.07) is 10.1. The van der Waals surface area contributed by atoms with Crippen LogP contribution in [0.1, 0.15) is 56.9 Å². The highest BCUT2D eigenvalue weighted by Gasteiger charge is 2.43. The van der Waals surface area contributed by atoms with Gasteiger partial charge in [0.25, 0.3) is 0 Å². The average molecular weight is 433 g/mol. The zero-order chi connectivity index (χ0) is 21.9. The van der Waals surface area contributed by atoms with Gasteiger partial charge in [-0.05, 0) is 50.0 Å². The minimum absolute atomic E-state index is 0.0556.